The minimum absolute atomic E-state index is 0.365. The summed E-state index contributed by atoms with van der Waals surface area (Å²) in [5.74, 6) is 2.58. The smallest absolute Gasteiger partial charge is 0.200 e. The Hall–Kier alpha value is -1.69. The first-order valence-corrected chi connectivity index (χ1v) is 5.00. The second-order valence-corrected chi connectivity index (χ2v) is 3.73. The summed E-state index contributed by atoms with van der Waals surface area (Å²) in [6, 6.07) is 0.365. The van der Waals surface area contributed by atoms with E-state index in [-0.39, 0.29) is 0 Å². The monoisotopic (exact) mass is 204 g/mol. The van der Waals surface area contributed by atoms with Crippen molar-refractivity contribution >= 4 is 0 Å². The summed E-state index contributed by atoms with van der Waals surface area (Å²) in [4.78, 5) is 7.26. The Morgan fingerprint density at radius 1 is 1.47 bits per heavy atom. The van der Waals surface area contributed by atoms with Crippen LogP contribution in [0.3, 0.4) is 0 Å². The lowest BCUT2D eigenvalue weighted by Crippen LogP contribution is -2.32. The number of imidazole rings is 1. The second-order valence-electron chi connectivity index (χ2n) is 3.73. The van der Waals surface area contributed by atoms with Crippen molar-refractivity contribution in [2.24, 2.45) is 0 Å². The van der Waals surface area contributed by atoms with Crippen LogP contribution in [0.25, 0.3) is 11.6 Å². The maximum Gasteiger partial charge on any atom is 0.200 e. The number of nitrogens with one attached hydrogen (secondary N) is 2. The number of hydrogen-bond acceptors (Lipinski definition) is 4. The third-order valence-corrected chi connectivity index (χ3v) is 2.64. The highest BCUT2D eigenvalue weighted by Crippen LogP contribution is 2.21. The van der Waals surface area contributed by atoms with Gasteiger partial charge in [-0.3, -0.25) is 0 Å². The number of H-pyrrole nitrogens is 1. The molecule has 78 valence electrons. The van der Waals surface area contributed by atoms with Crippen molar-refractivity contribution in [3.8, 4) is 11.6 Å². The van der Waals surface area contributed by atoms with Crippen LogP contribution in [0.1, 0.15) is 18.8 Å². The molecule has 3 rings (SSSR count). The van der Waals surface area contributed by atoms with Crippen LogP contribution in [-0.2, 0) is 6.54 Å². The fraction of sp³-hybridized carbons (Fsp3) is 0.444. The van der Waals surface area contributed by atoms with E-state index in [2.05, 4.69) is 37.0 Å². The molecule has 1 unspecified atom stereocenters. The lowest BCUT2D eigenvalue weighted by atomic mass is 10.2. The maximum atomic E-state index is 4.20. The van der Waals surface area contributed by atoms with Crippen molar-refractivity contribution in [2.75, 3.05) is 6.54 Å². The van der Waals surface area contributed by atoms with E-state index in [1.54, 1.807) is 12.4 Å². The molecule has 1 aliphatic heterocycles. The van der Waals surface area contributed by atoms with E-state index in [0.717, 1.165) is 30.6 Å². The molecule has 0 saturated carbocycles. The zero-order valence-corrected chi connectivity index (χ0v) is 8.44. The quantitative estimate of drug-likeness (QED) is 0.702. The van der Waals surface area contributed by atoms with Crippen molar-refractivity contribution in [1.29, 1.82) is 0 Å². The summed E-state index contributed by atoms with van der Waals surface area (Å²) in [5, 5.41) is 11.6. The van der Waals surface area contributed by atoms with Gasteiger partial charge in [-0.05, 0) is 6.92 Å². The molecular formula is C9H12N6. The highest BCUT2D eigenvalue weighted by atomic mass is 15.3. The van der Waals surface area contributed by atoms with E-state index in [0.29, 0.717) is 6.04 Å². The van der Waals surface area contributed by atoms with Crippen LogP contribution in [-0.4, -0.2) is 31.3 Å². The molecule has 6 heteroatoms. The van der Waals surface area contributed by atoms with E-state index in [1.165, 1.54) is 0 Å². The lowest BCUT2D eigenvalue weighted by molar-refractivity contribution is 0.424. The summed E-state index contributed by atoms with van der Waals surface area (Å²) < 4.78 is 2.13. The van der Waals surface area contributed by atoms with Crippen molar-refractivity contribution < 1.29 is 0 Å². The highest BCUT2D eigenvalue weighted by molar-refractivity contribution is 5.43. The van der Waals surface area contributed by atoms with Crippen LogP contribution in [0.5, 0.6) is 0 Å². The van der Waals surface area contributed by atoms with E-state index in [4.69, 9.17) is 0 Å². The first-order chi connectivity index (χ1) is 7.36. The molecule has 0 spiro atoms. The van der Waals surface area contributed by atoms with Crippen LogP contribution < -0.4 is 5.32 Å². The molecular weight excluding hydrogens is 192 g/mol. The number of hydrogen-bond donors (Lipinski definition) is 2. The molecule has 0 saturated heterocycles. The van der Waals surface area contributed by atoms with Gasteiger partial charge in [-0.25, -0.2) is 4.98 Å². The molecule has 1 aliphatic rings. The van der Waals surface area contributed by atoms with E-state index in [9.17, 15) is 0 Å². The molecule has 1 atom stereocenters. The minimum atomic E-state index is 0.365. The largest absolute Gasteiger partial charge is 0.342 e. The van der Waals surface area contributed by atoms with Gasteiger partial charge < -0.3 is 14.9 Å². The van der Waals surface area contributed by atoms with Crippen LogP contribution in [0.4, 0.5) is 0 Å². The number of aromatic amines is 1. The molecule has 15 heavy (non-hydrogen) atoms. The Bertz CT molecular complexity index is 457. The number of nitrogens with zero attached hydrogens (tertiary/aromatic N) is 4. The Balaban J connectivity index is 2.14. The topological polar surface area (TPSA) is 71.4 Å². The fourth-order valence-electron chi connectivity index (χ4n) is 1.94. The maximum absolute atomic E-state index is 4.20. The first-order valence-electron chi connectivity index (χ1n) is 5.00. The second kappa shape index (κ2) is 3.16. The lowest BCUT2D eigenvalue weighted by Gasteiger charge is -2.22. The molecule has 2 aromatic rings. The molecule has 0 amide bonds. The van der Waals surface area contributed by atoms with Crippen molar-refractivity contribution in [1.82, 2.24) is 30.0 Å². The summed E-state index contributed by atoms with van der Waals surface area (Å²) >= 11 is 0. The molecule has 3 heterocycles. The summed E-state index contributed by atoms with van der Waals surface area (Å²) in [6.07, 6.45) is 3.52. The first kappa shape index (κ1) is 8.60. The van der Waals surface area contributed by atoms with Crippen molar-refractivity contribution in [2.45, 2.75) is 19.5 Å². The summed E-state index contributed by atoms with van der Waals surface area (Å²) in [5.41, 5.74) is 0. The molecule has 0 bridgehead atoms. The Labute approximate surface area is 86.7 Å². The van der Waals surface area contributed by atoms with Crippen LogP contribution in [0, 0.1) is 0 Å². The van der Waals surface area contributed by atoms with Crippen LogP contribution in [0.15, 0.2) is 12.4 Å². The molecule has 2 N–H and O–H groups in total. The zero-order valence-electron chi connectivity index (χ0n) is 8.44. The van der Waals surface area contributed by atoms with Gasteiger partial charge in [-0.2, -0.15) is 0 Å². The SMILES string of the molecule is CC1CNCc2nnc(-c3ncc[nH]3)n21. The predicted molar refractivity (Wildman–Crippen MR) is 54.0 cm³/mol. The van der Waals surface area contributed by atoms with E-state index >= 15 is 0 Å². The predicted octanol–water partition coefficient (Wildman–Crippen LogP) is 0.332. The highest BCUT2D eigenvalue weighted by Gasteiger charge is 2.22. The summed E-state index contributed by atoms with van der Waals surface area (Å²) in [6.45, 7) is 3.86. The van der Waals surface area contributed by atoms with Gasteiger partial charge in [0.1, 0.15) is 5.82 Å². The fourth-order valence-corrected chi connectivity index (χ4v) is 1.94. The Kier molecular flexibility index (Phi) is 1.81. The normalized spacial score (nSPS) is 20.2. The molecule has 2 aromatic heterocycles. The van der Waals surface area contributed by atoms with Gasteiger partial charge in [0.05, 0.1) is 6.54 Å². The van der Waals surface area contributed by atoms with Crippen LogP contribution in [0.2, 0.25) is 0 Å². The third-order valence-electron chi connectivity index (χ3n) is 2.64. The van der Waals surface area contributed by atoms with Gasteiger partial charge in [0, 0.05) is 25.0 Å². The van der Waals surface area contributed by atoms with Gasteiger partial charge in [-0.15, -0.1) is 10.2 Å². The van der Waals surface area contributed by atoms with Crippen molar-refractivity contribution in [3.05, 3.63) is 18.2 Å². The minimum Gasteiger partial charge on any atom is -0.342 e. The number of aromatic nitrogens is 5. The zero-order chi connectivity index (χ0) is 10.3. The van der Waals surface area contributed by atoms with Gasteiger partial charge in [-0.1, -0.05) is 0 Å². The number of rotatable bonds is 1. The molecule has 0 radical (unpaired) electrons. The number of fused-ring (bicyclic) bond motifs is 1. The molecule has 0 aromatic carbocycles. The Morgan fingerprint density at radius 2 is 2.40 bits per heavy atom. The summed E-state index contributed by atoms with van der Waals surface area (Å²) in [7, 11) is 0. The standard InChI is InChI=1S/C9H12N6/c1-6-4-10-5-7-13-14-9(15(6)7)8-11-2-3-12-8/h2-3,6,10H,4-5H2,1H3,(H,11,12). The van der Waals surface area contributed by atoms with Gasteiger partial charge in [0.15, 0.2) is 11.6 Å². The third kappa shape index (κ3) is 1.25. The molecule has 6 nitrogen and oxygen atoms in total. The average Bonchev–Trinajstić information content (AvgIpc) is 2.85. The van der Waals surface area contributed by atoms with Gasteiger partial charge in [0.2, 0.25) is 0 Å². The van der Waals surface area contributed by atoms with E-state index in [1.807, 2.05) is 0 Å². The molecule has 0 fully saturated rings. The van der Waals surface area contributed by atoms with Crippen molar-refractivity contribution in [3.63, 3.8) is 0 Å². The Morgan fingerprint density at radius 3 is 3.20 bits per heavy atom. The van der Waals surface area contributed by atoms with E-state index < -0.39 is 0 Å². The average molecular weight is 204 g/mol. The molecule has 0 aliphatic carbocycles. The van der Waals surface area contributed by atoms with Gasteiger partial charge in [0.25, 0.3) is 0 Å². The van der Waals surface area contributed by atoms with Gasteiger partial charge >= 0.3 is 0 Å². The van der Waals surface area contributed by atoms with Crippen LogP contribution >= 0.6 is 0 Å².